The van der Waals surface area contributed by atoms with E-state index in [2.05, 4.69) is 10.6 Å². The quantitative estimate of drug-likeness (QED) is 0.759. The minimum absolute atomic E-state index is 0.0162. The fourth-order valence-electron chi connectivity index (χ4n) is 3.53. The molecule has 6 nitrogen and oxygen atoms in total. The van der Waals surface area contributed by atoms with Crippen LogP contribution in [-0.2, 0) is 4.79 Å². The molecule has 1 fully saturated rings. The molecule has 0 radical (unpaired) electrons. The summed E-state index contributed by atoms with van der Waals surface area (Å²) in [5.74, 6) is -1.12. The Hall–Kier alpha value is -2.67. The molecule has 2 aromatic rings. The minimum atomic E-state index is -0.594. The molecule has 1 aromatic heterocycles. The Morgan fingerprint density at radius 2 is 2.04 bits per heavy atom. The molecular weight excluding hydrogens is 349 g/mol. The number of carbonyl (C=O) groups is 2. The SMILES string of the molecule is Cc1occc1C(=O)Nc1cc(NC(=O)C2CCCCC2(C)N)ccc1F. The van der Waals surface area contributed by atoms with Crippen LogP contribution in [0.15, 0.2) is 34.9 Å². The highest BCUT2D eigenvalue weighted by atomic mass is 19.1. The Morgan fingerprint density at radius 1 is 1.26 bits per heavy atom. The fraction of sp³-hybridized carbons (Fsp3) is 0.400. The van der Waals surface area contributed by atoms with Crippen molar-refractivity contribution in [2.24, 2.45) is 11.7 Å². The van der Waals surface area contributed by atoms with Crippen LogP contribution < -0.4 is 16.4 Å². The van der Waals surface area contributed by atoms with E-state index < -0.39 is 17.3 Å². The molecule has 0 saturated heterocycles. The van der Waals surface area contributed by atoms with Gasteiger partial charge in [0.2, 0.25) is 5.91 Å². The number of amides is 2. The highest BCUT2D eigenvalue weighted by molar-refractivity contribution is 6.05. The summed E-state index contributed by atoms with van der Waals surface area (Å²) in [6, 6.07) is 5.58. The molecule has 1 aliphatic carbocycles. The molecule has 2 unspecified atom stereocenters. The lowest BCUT2D eigenvalue weighted by Gasteiger charge is -2.37. The molecule has 2 amide bonds. The third-order valence-corrected chi connectivity index (χ3v) is 5.16. The molecule has 1 heterocycles. The molecule has 7 heteroatoms. The third kappa shape index (κ3) is 4.19. The number of halogens is 1. The second-order valence-electron chi connectivity index (χ2n) is 7.33. The average molecular weight is 373 g/mol. The lowest BCUT2D eigenvalue weighted by Crippen LogP contribution is -2.51. The highest BCUT2D eigenvalue weighted by Crippen LogP contribution is 2.32. The number of furan rings is 1. The summed E-state index contributed by atoms with van der Waals surface area (Å²) in [5.41, 5.74) is 6.43. The number of nitrogens with two attached hydrogens (primary N) is 1. The number of hydrogen-bond donors (Lipinski definition) is 3. The second kappa shape index (κ2) is 7.52. The summed E-state index contributed by atoms with van der Waals surface area (Å²) in [6.07, 6.45) is 4.88. The first kappa shape index (κ1) is 19.1. The van der Waals surface area contributed by atoms with Gasteiger partial charge < -0.3 is 20.8 Å². The lowest BCUT2D eigenvalue weighted by atomic mass is 9.74. The summed E-state index contributed by atoms with van der Waals surface area (Å²) in [5, 5.41) is 5.31. The number of anilines is 2. The van der Waals surface area contributed by atoms with Crippen LogP contribution in [-0.4, -0.2) is 17.4 Å². The summed E-state index contributed by atoms with van der Waals surface area (Å²) >= 11 is 0. The smallest absolute Gasteiger partial charge is 0.259 e. The van der Waals surface area contributed by atoms with E-state index in [0.717, 1.165) is 25.7 Å². The first-order valence-electron chi connectivity index (χ1n) is 9.02. The first-order valence-corrected chi connectivity index (χ1v) is 9.02. The van der Waals surface area contributed by atoms with E-state index >= 15 is 0 Å². The Kier molecular flexibility index (Phi) is 5.32. The molecule has 3 rings (SSSR count). The van der Waals surface area contributed by atoms with E-state index in [-0.39, 0.29) is 17.5 Å². The van der Waals surface area contributed by atoms with Gasteiger partial charge in [-0.2, -0.15) is 0 Å². The standard InChI is InChI=1S/C20H24FN3O3/c1-12-14(8-10-27-12)18(25)24-17-11-13(6-7-16(17)21)23-19(26)15-5-3-4-9-20(15,2)22/h6-8,10-11,15H,3-5,9,22H2,1-2H3,(H,23,26)(H,24,25). The third-order valence-electron chi connectivity index (χ3n) is 5.16. The Bertz CT molecular complexity index is 860. The van der Waals surface area contributed by atoms with E-state index in [1.165, 1.54) is 30.5 Å². The Labute approximate surface area is 157 Å². The van der Waals surface area contributed by atoms with Crippen molar-refractivity contribution in [1.82, 2.24) is 0 Å². The predicted octanol–water partition coefficient (Wildman–Crippen LogP) is 3.83. The van der Waals surface area contributed by atoms with Gasteiger partial charge in [-0.05, 0) is 51.0 Å². The van der Waals surface area contributed by atoms with Gasteiger partial charge in [-0.1, -0.05) is 12.8 Å². The molecule has 1 saturated carbocycles. The van der Waals surface area contributed by atoms with Gasteiger partial charge in [-0.25, -0.2) is 4.39 Å². The molecule has 0 spiro atoms. The summed E-state index contributed by atoms with van der Waals surface area (Å²) in [6.45, 7) is 3.54. The van der Waals surface area contributed by atoms with Crippen LogP contribution in [0, 0.1) is 18.7 Å². The van der Waals surface area contributed by atoms with Crippen molar-refractivity contribution in [2.45, 2.75) is 45.1 Å². The van der Waals surface area contributed by atoms with Crippen LogP contribution in [0.5, 0.6) is 0 Å². The van der Waals surface area contributed by atoms with Crippen LogP contribution in [0.4, 0.5) is 15.8 Å². The predicted molar refractivity (Wildman–Crippen MR) is 101 cm³/mol. The number of rotatable bonds is 4. The maximum Gasteiger partial charge on any atom is 0.259 e. The highest BCUT2D eigenvalue weighted by Gasteiger charge is 2.37. The molecule has 0 bridgehead atoms. The molecule has 1 aromatic carbocycles. The van der Waals surface area contributed by atoms with Crippen LogP contribution in [0.25, 0.3) is 0 Å². The van der Waals surface area contributed by atoms with Gasteiger partial charge in [0.1, 0.15) is 11.6 Å². The molecule has 0 aliphatic heterocycles. The topological polar surface area (TPSA) is 97.4 Å². The average Bonchev–Trinajstić information content (AvgIpc) is 3.03. The number of carbonyl (C=O) groups excluding carboxylic acids is 2. The van der Waals surface area contributed by atoms with Gasteiger partial charge in [-0.15, -0.1) is 0 Å². The van der Waals surface area contributed by atoms with Gasteiger partial charge in [-0.3, -0.25) is 9.59 Å². The number of hydrogen-bond acceptors (Lipinski definition) is 4. The van der Waals surface area contributed by atoms with Crippen molar-refractivity contribution >= 4 is 23.2 Å². The van der Waals surface area contributed by atoms with Crippen molar-refractivity contribution < 1.29 is 18.4 Å². The number of benzene rings is 1. The first-order chi connectivity index (χ1) is 12.8. The van der Waals surface area contributed by atoms with Crippen molar-refractivity contribution in [3.05, 3.63) is 47.7 Å². The van der Waals surface area contributed by atoms with E-state index in [1.54, 1.807) is 6.92 Å². The van der Waals surface area contributed by atoms with Crippen molar-refractivity contribution in [1.29, 1.82) is 0 Å². The van der Waals surface area contributed by atoms with Gasteiger partial charge in [0.25, 0.3) is 5.91 Å². The van der Waals surface area contributed by atoms with Crippen LogP contribution in [0.2, 0.25) is 0 Å². The van der Waals surface area contributed by atoms with Crippen LogP contribution >= 0.6 is 0 Å². The molecule has 4 N–H and O–H groups in total. The lowest BCUT2D eigenvalue weighted by molar-refractivity contribution is -0.122. The summed E-state index contributed by atoms with van der Waals surface area (Å²) < 4.78 is 19.2. The second-order valence-corrected chi connectivity index (χ2v) is 7.33. The number of nitrogens with one attached hydrogen (secondary N) is 2. The molecular formula is C20H24FN3O3. The van der Waals surface area contributed by atoms with Crippen LogP contribution in [0.1, 0.15) is 48.7 Å². The Morgan fingerprint density at radius 3 is 2.70 bits per heavy atom. The van der Waals surface area contributed by atoms with Gasteiger partial charge >= 0.3 is 0 Å². The van der Waals surface area contributed by atoms with E-state index in [9.17, 15) is 14.0 Å². The van der Waals surface area contributed by atoms with Gasteiger partial charge in [0.05, 0.1) is 23.4 Å². The van der Waals surface area contributed by atoms with Gasteiger partial charge in [0.15, 0.2) is 0 Å². The Balaban J connectivity index is 1.74. The van der Waals surface area contributed by atoms with Crippen LogP contribution in [0.3, 0.4) is 0 Å². The van der Waals surface area contributed by atoms with E-state index in [1.807, 2.05) is 6.92 Å². The zero-order valence-electron chi connectivity index (χ0n) is 15.5. The van der Waals surface area contributed by atoms with Crippen molar-refractivity contribution in [2.75, 3.05) is 10.6 Å². The van der Waals surface area contributed by atoms with E-state index in [4.69, 9.17) is 10.2 Å². The zero-order chi connectivity index (χ0) is 19.6. The molecule has 27 heavy (non-hydrogen) atoms. The summed E-state index contributed by atoms with van der Waals surface area (Å²) in [7, 11) is 0. The normalized spacial score (nSPS) is 22.3. The largest absolute Gasteiger partial charge is 0.469 e. The molecule has 1 aliphatic rings. The maximum absolute atomic E-state index is 14.1. The number of aryl methyl sites for hydroxylation is 1. The zero-order valence-corrected chi connectivity index (χ0v) is 15.5. The minimum Gasteiger partial charge on any atom is -0.469 e. The van der Waals surface area contributed by atoms with E-state index in [0.29, 0.717) is 17.0 Å². The summed E-state index contributed by atoms with van der Waals surface area (Å²) in [4.78, 5) is 24.9. The van der Waals surface area contributed by atoms with Gasteiger partial charge in [0, 0.05) is 11.2 Å². The van der Waals surface area contributed by atoms with Crippen molar-refractivity contribution in [3.8, 4) is 0 Å². The fourth-order valence-corrected chi connectivity index (χ4v) is 3.53. The molecule has 2 atom stereocenters. The maximum atomic E-state index is 14.1. The van der Waals surface area contributed by atoms with Crippen molar-refractivity contribution in [3.63, 3.8) is 0 Å². The molecule has 144 valence electrons. The monoisotopic (exact) mass is 373 g/mol.